The third-order valence-electron chi connectivity index (χ3n) is 2.91. The quantitative estimate of drug-likeness (QED) is 0.745. The normalized spacial score (nSPS) is 22.4. The number of nitrogens with two attached hydrogens (primary N) is 1. The van der Waals surface area contributed by atoms with Crippen LogP contribution in [0.15, 0.2) is 30.3 Å². The number of β-lactam (4-membered cyclic amide) rings is 1. The molecule has 0 radical (unpaired) electrons. The average Bonchev–Trinajstić information content (AvgIpc) is 2.29. The Morgan fingerprint density at radius 2 is 2.13 bits per heavy atom. The van der Waals surface area contributed by atoms with Gasteiger partial charge in [-0.1, -0.05) is 37.3 Å². The predicted octanol–water partition coefficient (Wildman–Crippen LogP) is 0.960. The first-order valence-corrected chi connectivity index (χ1v) is 5.28. The van der Waals surface area contributed by atoms with E-state index in [4.69, 9.17) is 5.73 Å². The molecule has 0 aliphatic carbocycles. The van der Waals surface area contributed by atoms with Crippen molar-refractivity contribution < 1.29 is 4.79 Å². The molecule has 0 saturated carbocycles. The van der Waals surface area contributed by atoms with Crippen LogP contribution >= 0.6 is 0 Å². The van der Waals surface area contributed by atoms with E-state index in [1.807, 2.05) is 23.1 Å². The first-order valence-electron chi connectivity index (χ1n) is 5.28. The van der Waals surface area contributed by atoms with Gasteiger partial charge in [0, 0.05) is 13.1 Å². The largest absolute Gasteiger partial charge is 0.339 e. The molecule has 2 atom stereocenters. The van der Waals surface area contributed by atoms with Crippen LogP contribution in [0.2, 0.25) is 0 Å². The van der Waals surface area contributed by atoms with Crippen LogP contribution in [0.3, 0.4) is 0 Å². The Morgan fingerprint density at radius 3 is 2.67 bits per heavy atom. The molecule has 15 heavy (non-hydrogen) atoms. The number of hydrogen-bond acceptors (Lipinski definition) is 2. The molecule has 1 aromatic rings. The van der Waals surface area contributed by atoms with E-state index in [0.29, 0.717) is 12.5 Å². The third kappa shape index (κ3) is 2.02. The molecule has 2 N–H and O–H groups in total. The van der Waals surface area contributed by atoms with E-state index < -0.39 is 0 Å². The molecule has 1 aliphatic heterocycles. The van der Waals surface area contributed by atoms with E-state index in [0.717, 1.165) is 6.54 Å². The molecule has 1 aliphatic rings. The standard InChI is InChI=1S/C12H16N2O/c1-9(10-5-3-2-4-6-10)7-14-8-11(13)12(14)15/h2-6,9,11H,7-8,13H2,1H3. The molecule has 2 rings (SSSR count). The Labute approximate surface area is 89.9 Å². The molecule has 1 amide bonds. The summed E-state index contributed by atoms with van der Waals surface area (Å²) in [6.07, 6.45) is 0. The molecule has 1 fully saturated rings. The first kappa shape index (κ1) is 10.2. The lowest BCUT2D eigenvalue weighted by molar-refractivity contribution is -0.142. The summed E-state index contributed by atoms with van der Waals surface area (Å²) in [4.78, 5) is 13.2. The summed E-state index contributed by atoms with van der Waals surface area (Å²) in [6.45, 7) is 3.61. The van der Waals surface area contributed by atoms with Crippen LogP contribution in [0.1, 0.15) is 18.4 Å². The highest BCUT2D eigenvalue weighted by atomic mass is 16.2. The van der Waals surface area contributed by atoms with Gasteiger partial charge in [-0.2, -0.15) is 0 Å². The Bertz CT molecular complexity index is 350. The second-order valence-corrected chi connectivity index (χ2v) is 4.16. The van der Waals surface area contributed by atoms with Crippen molar-refractivity contribution in [1.82, 2.24) is 4.90 Å². The van der Waals surface area contributed by atoms with E-state index in [9.17, 15) is 4.79 Å². The van der Waals surface area contributed by atoms with Gasteiger partial charge in [-0.15, -0.1) is 0 Å². The third-order valence-corrected chi connectivity index (χ3v) is 2.91. The fraction of sp³-hybridized carbons (Fsp3) is 0.417. The van der Waals surface area contributed by atoms with Gasteiger partial charge in [-0.05, 0) is 11.5 Å². The second kappa shape index (κ2) is 4.03. The van der Waals surface area contributed by atoms with Gasteiger partial charge in [-0.25, -0.2) is 0 Å². The molecule has 0 bridgehead atoms. The SMILES string of the molecule is CC(CN1CC(N)C1=O)c1ccccc1. The zero-order valence-corrected chi connectivity index (χ0v) is 8.89. The smallest absolute Gasteiger partial charge is 0.241 e. The van der Waals surface area contributed by atoms with Crippen LogP contribution in [0.4, 0.5) is 0 Å². The van der Waals surface area contributed by atoms with Crippen LogP contribution in [-0.2, 0) is 4.79 Å². The number of benzene rings is 1. The zero-order valence-electron chi connectivity index (χ0n) is 8.89. The topological polar surface area (TPSA) is 46.3 Å². The second-order valence-electron chi connectivity index (χ2n) is 4.16. The number of hydrogen-bond donors (Lipinski definition) is 1. The van der Waals surface area contributed by atoms with Crippen molar-refractivity contribution in [3.05, 3.63) is 35.9 Å². The van der Waals surface area contributed by atoms with Crippen molar-refractivity contribution in [1.29, 1.82) is 0 Å². The highest BCUT2D eigenvalue weighted by molar-refractivity contribution is 5.87. The number of nitrogens with zero attached hydrogens (tertiary/aromatic N) is 1. The highest BCUT2D eigenvalue weighted by Gasteiger charge is 2.33. The van der Waals surface area contributed by atoms with E-state index in [2.05, 4.69) is 19.1 Å². The van der Waals surface area contributed by atoms with Gasteiger partial charge in [0.05, 0.1) is 0 Å². The predicted molar refractivity (Wildman–Crippen MR) is 59.4 cm³/mol. The minimum absolute atomic E-state index is 0.0813. The van der Waals surface area contributed by atoms with Crippen molar-refractivity contribution in [2.75, 3.05) is 13.1 Å². The van der Waals surface area contributed by atoms with Gasteiger partial charge in [0.1, 0.15) is 6.04 Å². The van der Waals surface area contributed by atoms with Crippen molar-refractivity contribution in [3.63, 3.8) is 0 Å². The molecule has 3 nitrogen and oxygen atoms in total. The molecule has 80 valence electrons. The van der Waals surface area contributed by atoms with Crippen molar-refractivity contribution in [2.24, 2.45) is 5.73 Å². The van der Waals surface area contributed by atoms with Crippen molar-refractivity contribution in [3.8, 4) is 0 Å². The van der Waals surface area contributed by atoms with Gasteiger partial charge >= 0.3 is 0 Å². The van der Waals surface area contributed by atoms with Gasteiger partial charge in [0.2, 0.25) is 5.91 Å². The van der Waals surface area contributed by atoms with Gasteiger partial charge in [0.25, 0.3) is 0 Å². The molecule has 0 aromatic heterocycles. The molecular weight excluding hydrogens is 188 g/mol. The summed E-state index contributed by atoms with van der Waals surface area (Å²) >= 11 is 0. The summed E-state index contributed by atoms with van der Waals surface area (Å²) in [5, 5.41) is 0. The number of amides is 1. The monoisotopic (exact) mass is 204 g/mol. The van der Waals surface area contributed by atoms with Gasteiger partial charge < -0.3 is 10.6 Å². The molecule has 1 saturated heterocycles. The van der Waals surface area contributed by atoms with Gasteiger partial charge in [0.15, 0.2) is 0 Å². The summed E-state index contributed by atoms with van der Waals surface area (Å²) in [5.41, 5.74) is 6.80. The van der Waals surface area contributed by atoms with Crippen molar-refractivity contribution in [2.45, 2.75) is 18.9 Å². The maximum atomic E-state index is 11.3. The Morgan fingerprint density at radius 1 is 1.47 bits per heavy atom. The summed E-state index contributed by atoms with van der Waals surface area (Å²) < 4.78 is 0. The number of likely N-dealkylation sites (tertiary alicyclic amines) is 1. The maximum absolute atomic E-state index is 11.3. The molecule has 2 unspecified atom stereocenters. The Balaban J connectivity index is 1.94. The van der Waals surface area contributed by atoms with E-state index >= 15 is 0 Å². The Kier molecular flexibility index (Phi) is 2.73. The molecule has 3 heteroatoms. The molecule has 0 spiro atoms. The maximum Gasteiger partial charge on any atom is 0.241 e. The average molecular weight is 204 g/mol. The van der Waals surface area contributed by atoms with Crippen LogP contribution < -0.4 is 5.73 Å². The van der Waals surface area contributed by atoms with Gasteiger partial charge in [-0.3, -0.25) is 4.79 Å². The fourth-order valence-electron chi connectivity index (χ4n) is 1.91. The van der Waals surface area contributed by atoms with E-state index in [1.54, 1.807) is 0 Å². The number of carbonyl (C=O) groups excluding carboxylic acids is 1. The zero-order chi connectivity index (χ0) is 10.8. The lowest BCUT2D eigenvalue weighted by Gasteiger charge is -2.37. The van der Waals surface area contributed by atoms with Crippen molar-refractivity contribution >= 4 is 5.91 Å². The minimum atomic E-state index is -0.257. The van der Waals surface area contributed by atoms with Crippen LogP contribution in [-0.4, -0.2) is 29.9 Å². The number of carbonyl (C=O) groups is 1. The first-order chi connectivity index (χ1) is 7.18. The summed E-state index contributed by atoms with van der Waals surface area (Å²) in [7, 11) is 0. The summed E-state index contributed by atoms with van der Waals surface area (Å²) in [6, 6.07) is 9.98. The Hall–Kier alpha value is -1.35. The fourth-order valence-corrected chi connectivity index (χ4v) is 1.91. The lowest BCUT2D eigenvalue weighted by atomic mass is 9.98. The van der Waals surface area contributed by atoms with E-state index in [1.165, 1.54) is 5.56 Å². The lowest BCUT2D eigenvalue weighted by Crippen LogP contribution is -2.61. The van der Waals surface area contributed by atoms with Crippen LogP contribution in [0.25, 0.3) is 0 Å². The molecular formula is C12H16N2O. The molecule has 1 heterocycles. The molecule has 1 aromatic carbocycles. The van der Waals surface area contributed by atoms with E-state index in [-0.39, 0.29) is 11.9 Å². The number of rotatable bonds is 3. The minimum Gasteiger partial charge on any atom is -0.339 e. The highest BCUT2D eigenvalue weighted by Crippen LogP contribution is 2.19. The van der Waals surface area contributed by atoms with Crippen LogP contribution in [0, 0.1) is 0 Å². The summed E-state index contributed by atoms with van der Waals surface area (Å²) in [5.74, 6) is 0.459. The van der Waals surface area contributed by atoms with Crippen LogP contribution in [0.5, 0.6) is 0 Å².